The molecule has 3 rings (SSSR count). The van der Waals surface area contributed by atoms with Crippen LogP contribution >= 0.6 is 0 Å². The maximum Gasteiger partial charge on any atom is 0.410 e. The average molecular weight is 323 g/mol. The van der Waals surface area contributed by atoms with Crippen molar-refractivity contribution < 1.29 is 9.53 Å². The van der Waals surface area contributed by atoms with E-state index < -0.39 is 0 Å². The van der Waals surface area contributed by atoms with E-state index in [1.807, 2.05) is 30.3 Å². The number of benzene rings is 2. The van der Waals surface area contributed by atoms with E-state index in [-0.39, 0.29) is 11.5 Å². The van der Waals surface area contributed by atoms with Gasteiger partial charge in [0.15, 0.2) is 0 Å². The van der Waals surface area contributed by atoms with Gasteiger partial charge in [-0.25, -0.2) is 4.79 Å². The van der Waals surface area contributed by atoms with Crippen LogP contribution in [0, 0.1) is 0 Å². The summed E-state index contributed by atoms with van der Waals surface area (Å²) in [6.45, 7) is 8.31. The summed E-state index contributed by atoms with van der Waals surface area (Å²) in [4.78, 5) is 14.2. The fraction of sp³-hybridized carbons (Fsp3) is 0.381. The molecule has 1 heterocycles. The molecule has 1 amide bonds. The second-order valence-electron chi connectivity index (χ2n) is 7.45. The molecule has 0 atom stereocenters. The predicted molar refractivity (Wildman–Crippen MR) is 95.9 cm³/mol. The Balaban J connectivity index is 1.66. The Hall–Kier alpha value is -2.29. The van der Waals surface area contributed by atoms with Gasteiger partial charge in [0, 0.05) is 13.1 Å². The Bertz CT molecular complexity index is 716. The number of carbonyl (C=O) groups excluding carboxylic acids is 1. The molecule has 3 nitrogen and oxygen atoms in total. The molecule has 126 valence electrons. The van der Waals surface area contributed by atoms with Crippen molar-refractivity contribution in [1.82, 2.24) is 4.90 Å². The molecule has 0 aromatic heterocycles. The molecular formula is C21H25NO2. The van der Waals surface area contributed by atoms with Crippen molar-refractivity contribution in [2.45, 2.75) is 45.8 Å². The highest BCUT2D eigenvalue weighted by Crippen LogP contribution is 2.27. The number of fused-ring (bicyclic) bond motifs is 1. The number of hydrogen-bond donors (Lipinski definition) is 0. The minimum absolute atomic E-state index is 0.116. The van der Waals surface area contributed by atoms with Crippen LogP contribution < -0.4 is 0 Å². The Kier molecular flexibility index (Phi) is 4.61. The maximum absolute atomic E-state index is 12.4. The largest absolute Gasteiger partial charge is 0.445 e. The summed E-state index contributed by atoms with van der Waals surface area (Å²) in [5, 5.41) is 0. The van der Waals surface area contributed by atoms with Crippen molar-refractivity contribution >= 4 is 6.09 Å². The summed E-state index contributed by atoms with van der Waals surface area (Å²) in [7, 11) is 0. The van der Waals surface area contributed by atoms with E-state index in [1.54, 1.807) is 4.90 Å². The zero-order valence-electron chi connectivity index (χ0n) is 14.7. The first kappa shape index (κ1) is 16.6. The van der Waals surface area contributed by atoms with Crippen molar-refractivity contribution in [3.8, 4) is 0 Å². The Morgan fingerprint density at radius 3 is 2.54 bits per heavy atom. The summed E-state index contributed by atoms with van der Waals surface area (Å²) < 4.78 is 5.47. The molecule has 0 aliphatic carbocycles. The highest BCUT2D eigenvalue weighted by molar-refractivity contribution is 5.68. The monoisotopic (exact) mass is 323 g/mol. The lowest BCUT2D eigenvalue weighted by Crippen LogP contribution is -2.36. The smallest absolute Gasteiger partial charge is 0.410 e. The van der Waals surface area contributed by atoms with Crippen LogP contribution in [-0.4, -0.2) is 17.5 Å². The molecule has 2 aromatic carbocycles. The molecule has 1 aliphatic heterocycles. The van der Waals surface area contributed by atoms with Gasteiger partial charge in [-0.05, 0) is 34.1 Å². The highest BCUT2D eigenvalue weighted by atomic mass is 16.6. The molecule has 0 spiro atoms. The third kappa shape index (κ3) is 3.78. The number of rotatable bonds is 2. The van der Waals surface area contributed by atoms with Crippen molar-refractivity contribution in [2.24, 2.45) is 0 Å². The van der Waals surface area contributed by atoms with Gasteiger partial charge in [-0.2, -0.15) is 0 Å². The first-order valence-electron chi connectivity index (χ1n) is 8.51. The second-order valence-corrected chi connectivity index (χ2v) is 7.45. The zero-order valence-corrected chi connectivity index (χ0v) is 14.7. The van der Waals surface area contributed by atoms with Gasteiger partial charge < -0.3 is 9.64 Å². The lowest BCUT2D eigenvalue weighted by molar-refractivity contribution is 0.0918. The first-order chi connectivity index (χ1) is 11.4. The Morgan fingerprint density at radius 1 is 1.08 bits per heavy atom. The third-order valence-electron chi connectivity index (χ3n) is 4.55. The van der Waals surface area contributed by atoms with Gasteiger partial charge >= 0.3 is 6.09 Å². The van der Waals surface area contributed by atoms with E-state index in [0.717, 1.165) is 18.5 Å². The van der Waals surface area contributed by atoms with Crippen LogP contribution in [0.25, 0.3) is 0 Å². The molecule has 0 saturated heterocycles. The molecule has 0 bridgehead atoms. The van der Waals surface area contributed by atoms with Crippen LogP contribution in [0.5, 0.6) is 0 Å². The van der Waals surface area contributed by atoms with Crippen LogP contribution in [0.2, 0.25) is 0 Å². The molecule has 2 aromatic rings. The topological polar surface area (TPSA) is 29.5 Å². The van der Waals surface area contributed by atoms with E-state index in [4.69, 9.17) is 4.74 Å². The van der Waals surface area contributed by atoms with Gasteiger partial charge in [0.2, 0.25) is 0 Å². The van der Waals surface area contributed by atoms with Gasteiger partial charge in [-0.3, -0.25) is 0 Å². The number of ether oxygens (including phenoxy) is 1. The minimum atomic E-state index is -0.231. The van der Waals surface area contributed by atoms with Gasteiger partial charge in [0.25, 0.3) is 0 Å². The van der Waals surface area contributed by atoms with Crippen molar-refractivity contribution in [2.75, 3.05) is 6.54 Å². The zero-order chi connectivity index (χ0) is 17.2. The lowest BCUT2D eigenvalue weighted by atomic mass is 9.84. The average Bonchev–Trinajstić information content (AvgIpc) is 2.59. The van der Waals surface area contributed by atoms with Crippen molar-refractivity contribution in [3.05, 3.63) is 70.8 Å². The summed E-state index contributed by atoms with van der Waals surface area (Å²) in [6, 6.07) is 16.5. The summed E-state index contributed by atoms with van der Waals surface area (Å²) >= 11 is 0. The standard InChI is InChI=1S/C21H25NO2/c1-21(2,3)19-10-9-17-11-12-22(14-18(17)13-19)20(23)24-15-16-7-5-4-6-8-16/h4-10,13H,11-12,14-15H2,1-3H3. The van der Waals surface area contributed by atoms with E-state index in [1.165, 1.54) is 16.7 Å². The Labute approximate surface area is 144 Å². The molecule has 3 heteroatoms. The normalized spacial score (nSPS) is 14.2. The van der Waals surface area contributed by atoms with Crippen molar-refractivity contribution in [3.63, 3.8) is 0 Å². The Morgan fingerprint density at radius 2 is 1.83 bits per heavy atom. The second kappa shape index (κ2) is 6.68. The molecular weight excluding hydrogens is 298 g/mol. The number of carbonyl (C=O) groups is 1. The molecule has 0 unspecified atom stereocenters. The quantitative estimate of drug-likeness (QED) is 0.803. The van der Waals surface area contributed by atoms with E-state index in [0.29, 0.717) is 13.2 Å². The number of nitrogens with zero attached hydrogens (tertiary/aromatic N) is 1. The van der Waals surface area contributed by atoms with Crippen LogP contribution in [0.1, 0.15) is 43.0 Å². The molecule has 0 fully saturated rings. The molecule has 0 saturated carbocycles. The van der Waals surface area contributed by atoms with Gasteiger partial charge in [-0.1, -0.05) is 69.3 Å². The van der Waals surface area contributed by atoms with E-state index in [9.17, 15) is 4.79 Å². The molecule has 0 radical (unpaired) electrons. The highest BCUT2D eigenvalue weighted by Gasteiger charge is 2.23. The van der Waals surface area contributed by atoms with E-state index >= 15 is 0 Å². The van der Waals surface area contributed by atoms with Crippen molar-refractivity contribution in [1.29, 1.82) is 0 Å². The number of amides is 1. The molecule has 1 aliphatic rings. The fourth-order valence-corrected chi connectivity index (χ4v) is 2.99. The summed E-state index contributed by atoms with van der Waals surface area (Å²) in [6.07, 6.45) is 0.658. The summed E-state index contributed by atoms with van der Waals surface area (Å²) in [5.41, 5.74) is 5.02. The first-order valence-corrected chi connectivity index (χ1v) is 8.51. The van der Waals surface area contributed by atoms with Crippen LogP contribution in [0.3, 0.4) is 0 Å². The lowest BCUT2D eigenvalue weighted by Gasteiger charge is -2.30. The fourth-order valence-electron chi connectivity index (χ4n) is 2.99. The third-order valence-corrected chi connectivity index (χ3v) is 4.55. The number of hydrogen-bond acceptors (Lipinski definition) is 2. The summed E-state index contributed by atoms with van der Waals surface area (Å²) in [5.74, 6) is 0. The van der Waals surface area contributed by atoms with Crippen LogP contribution in [0.15, 0.2) is 48.5 Å². The minimum Gasteiger partial charge on any atom is -0.445 e. The molecule has 0 N–H and O–H groups in total. The van der Waals surface area contributed by atoms with Gasteiger partial charge in [0.1, 0.15) is 6.61 Å². The molecule has 24 heavy (non-hydrogen) atoms. The van der Waals surface area contributed by atoms with Crippen LogP contribution in [-0.2, 0) is 29.7 Å². The van der Waals surface area contributed by atoms with Gasteiger partial charge in [-0.15, -0.1) is 0 Å². The van der Waals surface area contributed by atoms with Crippen LogP contribution in [0.4, 0.5) is 4.79 Å². The van der Waals surface area contributed by atoms with E-state index in [2.05, 4.69) is 39.0 Å². The maximum atomic E-state index is 12.4. The van der Waals surface area contributed by atoms with Gasteiger partial charge in [0.05, 0.1) is 0 Å². The predicted octanol–water partition coefficient (Wildman–Crippen LogP) is 4.68. The SMILES string of the molecule is CC(C)(C)c1ccc2c(c1)CN(C(=O)OCc1ccccc1)CC2.